The number of aryl methyl sites for hydroxylation is 2. The molecule has 0 unspecified atom stereocenters. The number of unbranched alkanes of at least 4 members (excludes halogenated alkanes) is 2. The van der Waals surface area contributed by atoms with Gasteiger partial charge < -0.3 is 9.47 Å². The van der Waals surface area contributed by atoms with Gasteiger partial charge in [-0.05, 0) is 61.1 Å². The average molecular weight is 573 g/mol. The highest BCUT2D eigenvalue weighted by molar-refractivity contribution is 5.91. The number of benzene rings is 4. The first-order valence-corrected chi connectivity index (χ1v) is 12.5. The minimum atomic E-state index is -1.65. The van der Waals surface area contributed by atoms with Crippen LogP contribution in [0.5, 0.6) is 11.5 Å². The summed E-state index contributed by atoms with van der Waals surface area (Å²) in [6.07, 6.45) is 4.13. The van der Waals surface area contributed by atoms with E-state index >= 15 is 0 Å². The van der Waals surface area contributed by atoms with Crippen LogP contribution in [0.3, 0.4) is 0 Å². The molecule has 0 radical (unpaired) electrons. The molecule has 0 aliphatic heterocycles. The Morgan fingerprint density at radius 2 is 0.805 bits per heavy atom. The van der Waals surface area contributed by atoms with Gasteiger partial charge in [0.25, 0.3) is 0 Å². The maximum absolute atomic E-state index is 13.3. The molecular weight excluding hydrogens is 550 g/mol. The van der Waals surface area contributed by atoms with Crippen LogP contribution in [0.4, 0.5) is 26.3 Å². The zero-order valence-corrected chi connectivity index (χ0v) is 21.4. The Balaban J connectivity index is 1.19. The van der Waals surface area contributed by atoms with Crippen LogP contribution in [0.15, 0.2) is 72.8 Å². The van der Waals surface area contributed by atoms with Crippen molar-refractivity contribution in [2.75, 3.05) is 0 Å². The largest absolute Gasteiger partial charge is 0.423 e. The molecule has 4 nitrogen and oxygen atoms in total. The molecule has 0 aromatic heterocycles. The lowest BCUT2D eigenvalue weighted by Crippen LogP contribution is -2.09. The minimum absolute atomic E-state index is 0.170. The highest BCUT2D eigenvalue weighted by Crippen LogP contribution is 2.22. The topological polar surface area (TPSA) is 52.6 Å². The van der Waals surface area contributed by atoms with Crippen LogP contribution in [0, 0.1) is 34.9 Å². The molecule has 0 amide bonds. The summed E-state index contributed by atoms with van der Waals surface area (Å²) < 4.78 is 89.2. The van der Waals surface area contributed by atoms with Gasteiger partial charge in [0.15, 0.2) is 34.9 Å². The van der Waals surface area contributed by atoms with Gasteiger partial charge >= 0.3 is 11.9 Å². The SMILES string of the molecule is O=C(Oc1cc(F)c(F)c(F)c1)c1ccc(CCCCCc2ccc(C(=O)Oc3cc(F)c(F)c(F)c3)cc2)cc1. The summed E-state index contributed by atoms with van der Waals surface area (Å²) in [4.78, 5) is 24.4. The van der Waals surface area contributed by atoms with E-state index in [2.05, 4.69) is 0 Å². The Hall–Kier alpha value is -4.60. The minimum Gasteiger partial charge on any atom is -0.423 e. The van der Waals surface area contributed by atoms with Crippen LogP contribution in [-0.2, 0) is 12.8 Å². The molecule has 10 heteroatoms. The lowest BCUT2D eigenvalue weighted by Gasteiger charge is -2.07. The van der Waals surface area contributed by atoms with Crippen molar-refractivity contribution in [3.05, 3.63) is 130 Å². The first-order valence-electron chi connectivity index (χ1n) is 12.5. The van der Waals surface area contributed by atoms with Crippen LogP contribution in [0.25, 0.3) is 0 Å². The van der Waals surface area contributed by atoms with E-state index in [1.807, 2.05) is 0 Å². The normalized spacial score (nSPS) is 10.9. The van der Waals surface area contributed by atoms with Gasteiger partial charge in [0.05, 0.1) is 11.1 Å². The molecule has 0 bridgehead atoms. The zero-order valence-electron chi connectivity index (χ0n) is 21.4. The van der Waals surface area contributed by atoms with Crippen molar-refractivity contribution in [1.82, 2.24) is 0 Å². The molecule has 0 aliphatic carbocycles. The van der Waals surface area contributed by atoms with E-state index in [9.17, 15) is 35.9 Å². The molecular formula is C31H22F6O4. The van der Waals surface area contributed by atoms with E-state index in [4.69, 9.17) is 9.47 Å². The van der Waals surface area contributed by atoms with Gasteiger partial charge in [0.2, 0.25) is 0 Å². The molecule has 0 saturated heterocycles. The molecule has 4 aromatic rings. The summed E-state index contributed by atoms with van der Waals surface area (Å²) >= 11 is 0. The third kappa shape index (κ3) is 7.75. The Morgan fingerprint density at radius 3 is 1.12 bits per heavy atom. The quantitative estimate of drug-likeness (QED) is 0.0637. The van der Waals surface area contributed by atoms with Gasteiger partial charge in [-0.3, -0.25) is 0 Å². The van der Waals surface area contributed by atoms with E-state index in [1.54, 1.807) is 24.3 Å². The number of carbonyl (C=O) groups is 2. The summed E-state index contributed by atoms with van der Waals surface area (Å²) in [6, 6.07) is 15.5. The molecule has 0 heterocycles. The highest BCUT2D eigenvalue weighted by atomic mass is 19.2. The van der Waals surface area contributed by atoms with Gasteiger partial charge in [-0.2, -0.15) is 0 Å². The van der Waals surface area contributed by atoms with Gasteiger partial charge in [-0.25, -0.2) is 35.9 Å². The molecule has 0 atom stereocenters. The Morgan fingerprint density at radius 1 is 0.488 bits per heavy atom. The molecule has 0 aliphatic rings. The maximum Gasteiger partial charge on any atom is 0.343 e. The lowest BCUT2D eigenvalue weighted by molar-refractivity contribution is 0.0723. The van der Waals surface area contributed by atoms with Crippen molar-refractivity contribution in [2.24, 2.45) is 0 Å². The standard InChI is InChI=1S/C31H22F6O4/c32-24-14-22(15-25(33)28(24)36)40-30(38)20-10-6-18(7-11-20)4-2-1-3-5-19-8-12-21(13-9-19)31(39)41-23-16-26(34)29(37)27(35)17-23/h6-17H,1-5H2. The third-order valence-electron chi connectivity index (χ3n) is 6.15. The van der Waals surface area contributed by atoms with Crippen LogP contribution >= 0.6 is 0 Å². The van der Waals surface area contributed by atoms with Crippen molar-refractivity contribution in [3.8, 4) is 11.5 Å². The van der Waals surface area contributed by atoms with Crippen molar-refractivity contribution in [1.29, 1.82) is 0 Å². The Kier molecular flexibility index (Phi) is 9.44. The number of ether oxygens (including phenoxy) is 2. The zero-order chi connectivity index (χ0) is 29.5. The van der Waals surface area contributed by atoms with Crippen LogP contribution in [0.1, 0.15) is 51.1 Å². The number of hydrogen-bond acceptors (Lipinski definition) is 4. The first kappa shape index (κ1) is 29.4. The van der Waals surface area contributed by atoms with Crippen LogP contribution in [-0.4, -0.2) is 11.9 Å². The predicted molar refractivity (Wildman–Crippen MR) is 137 cm³/mol. The smallest absolute Gasteiger partial charge is 0.343 e. The van der Waals surface area contributed by atoms with Crippen molar-refractivity contribution in [3.63, 3.8) is 0 Å². The fourth-order valence-corrected chi connectivity index (χ4v) is 3.96. The molecule has 4 aromatic carbocycles. The van der Waals surface area contributed by atoms with Gasteiger partial charge in [0.1, 0.15) is 11.5 Å². The maximum atomic E-state index is 13.3. The van der Waals surface area contributed by atoms with E-state index in [1.165, 1.54) is 24.3 Å². The molecule has 0 fully saturated rings. The monoisotopic (exact) mass is 572 g/mol. The third-order valence-corrected chi connectivity index (χ3v) is 6.15. The molecule has 212 valence electrons. The molecule has 41 heavy (non-hydrogen) atoms. The number of rotatable bonds is 10. The van der Waals surface area contributed by atoms with Crippen LogP contribution in [0.2, 0.25) is 0 Å². The first-order chi connectivity index (χ1) is 19.6. The van der Waals surface area contributed by atoms with Crippen LogP contribution < -0.4 is 9.47 Å². The van der Waals surface area contributed by atoms with Gasteiger partial charge in [-0.15, -0.1) is 0 Å². The number of hydrogen-bond donors (Lipinski definition) is 0. The Labute approximate surface area is 231 Å². The molecule has 4 rings (SSSR count). The molecule has 0 spiro atoms. The second kappa shape index (κ2) is 13.2. The van der Waals surface area contributed by atoms with E-state index < -0.39 is 58.3 Å². The highest BCUT2D eigenvalue weighted by Gasteiger charge is 2.16. The number of carbonyl (C=O) groups excluding carboxylic acids is 2. The summed E-state index contributed by atoms with van der Waals surface area (Å²) in [5.74, 6) is -11.7. The van der Waals surface area contributed by atoms with E-state index in [0.717, 1.165) is 43.2 Å². The number of esters is 2. The van der Waals surface area contributed by atoms with Crippen molar-refractivity contribution in [2.45, 2.75) is 32.1 Å². The van der Waals surface area contributed by atoms with Gasteiger partial charge in [-0.1, -0.05) is 30.7 Å². The molecule has 0 saturated carbocycles. The van der Waals surface area contributed by atoms with Gasteiger partial charge in [0, 0.05) is 24.3 Å². The number of halogens is 6. The summed E-state index contributed by atoms with van der Waals surface area (Å²) in [6.45, 7) is 0. The summed E-state index contributed by atoms with van der Waals surface area (Å²) in [7, 11) is 0. The van der Waals surface area contributed by atoms with E-state index in [-0.39, 0.29) is 11.1 Å². The average Bonchev–Trinajstić information content (AvgIpc) is 2.95. The summed E-state index contributed by atoms with van der Waals surface area (Å²) in [5, 5.41) is 0. The van der Waals surface area contributed by atoms with E-state index in [0.29, 0.717) is 24.3 Å². The van der Waals surface area contributed by atoms with Crippen molar-refractivity contribution < 1.29 is 45.4 Å². The second-order valence-corrected chi connectivity index (χ2v) is 9.14. The van der Waals surface area contributed by atoms with Crippen molar-refractivity contribution >= 4 is 11.9 Å². The lowest BCUT2D eigenvalue weighted by atomic mass is 10.0. The summed E-state index contributed by atoms with van der Waals surface area (Å²) in [5.41, 5.74) is 2.29. The molecule has 0 N–H and O–H groups in total. The fourth-order valence-electron chi connectivity index (χ4n) is 3.96. The Bertz CT molecular complexity index is 1390. The predicted octanol–water partition coefficient (Wildman–Crippen LogP) is 7.92. The fraction of sp³-hybridized carbons (Fsp3) is 0.161. The second-order valence-electron chi connectivity index (χ2n) is 9.14.